The smallest absolute Gasteiger partial charge is 0.335 e. The van der Waals surface area contributed by atoms with Gasteiger partial charge in [0.15, 0.2) is 11.5 Å². The van der Waals surface area contributed by atoms with Crippen LogP contribution in [0.5, 0.6) is 11.5 Å². The van der Waals surface area contributed by atoms with E-state index in [-0.39, 0.29) is 12.4 Å². The quantitative estimate of drug-likeness (QED) is 0.669. The number of carboxylic acid groups (broad SMARTS) is 1. The number of fused-ring (bicyclic) bond motifs is 1. The number of carbonyl (C=O) groups is 1. The van der Waals surface area contributed by atoms with Gasteiger partial charge in [-0.3, -0.25) is 4.99 Å². The summed E-state index contributed by atoms with van der Waals surface area (Å²) < 4.78 is 16.3. The summed E-state index contributed by atoms with van der Waals surface area (Å²) in [4.78, 5) is 15.5. The number of rotatable bonds is 4. The van der Waals surface area contributed by atoms with Crippen LogP contribution in [-0.4, -0.2) is 24.1 Å². The molecule has 3 aromatic rings. The summed E-state index contributed by atoms with van der Waals surface area (Å²) >= 11 is 6.16. The van der Waals surface area contributed by atoms with Crippen molar-refractivity contribution >= 4 is 29.5 Å². The molecule has 0 fully saturated rings. The number of halogens is 1. The van der Waals surface area contributed by atoms with E-state index < -0.39 is 5.97 Å². The molecule has 0 saturated heterocycles. The molecule has 4 rings (SSSR count). The van der Waals surface area contributed by atoms with Crippen LogP contribution in [-0.2, 0) is 0 Å². The van der Waals surface area contributed by atoms with E-state index in [4.69, 9.17) is 30.6 Å². The van der Waals surface area contributed by atoms with Crippen LogP contribution in [0.4, 0.5) is 5.69 Å². The lowest BCUT2D eigenvalue weighted by molar-refractivity contribution is 0.0697. The highest BCUT2D eigenvalue weighted by molar-refractivity contribution is 6.33. The second kappa shape index (κ2) is 6.57. The van der Waals surface area contributed by atoms with Crippen molar-refractivity contribution in [2.24, 2.45) is 4.99 Å². The van der Waals surface area contributed by atoms with Crippen LogP contribution in [0.3, 0.4) is 0 Å². The number of nitrogens with zero attached hydrogens (tertiary/aromatic N) is 1. The van der Waals surface area contributed by atoms with Crippen molar-refractivity contribution in [3.05, 3.63) is 64.9 Å². The number of carboxylic acids is 1. The molecule has 2 heterocycles. The fourth-order valence-corrected chi connectivity index (χ4v) is 2.73. The van der Waals surface area contributed by atoms with E-state index in [2.05, 4.69) is 4.99 Å². The molecule has 1 aromatic heterocycles. The van der Waals surface area contributed by atoms with E-state index in [1.807, 2.05) is 0 Å². The minimum absolute atomic E-state index is 0.136. The van der Waals surface area contributed by atoms with Gasteiger partial charge in [-0.1, -0.05) is 11.6 Å². The molecular formula is C19H12ClNO5. The molecule has 7 heteroatoms. The maximum absolute atomic E-state index is 11.1. The monoisotopic (exact) mass is 369 g/mol. The SMILES string of the molecule is O=C(O)c1ccc(Cl)c(-c2ccc(C=Nc3ccc4c(c3)OCO4)o2)c1. The molecule has 0 unspecified atom stereocenters. The molecular weight excluding hydrogens is 358 g/mol. The first-order valence-electron chi connectivity index (χ1n) is 7.67. The fourth-order valence-electron chi connectivity index (χ4n) is 2.52. The van der Waals surface area contributed by atoms with Crippen LogP contribution in [0.25, 0.3) is 11.3 Å². The van der Waals surface area contributed by atoms with Gasteiger partial charge in [0.05, 0.1) is 22.5 Å². The Hall–Kier alpha value is -3.25. The van der Waals surface area contributed by atoms with Crippen molar-refractivity contribution in [3.63, 3.8) is 0 Å². The summed E-state index contributed by atoms with van der Waals surface area (Å²) in [5.74, 6) is 1.29. The summed E-state index contributed by atoms with van der Waals surface area (Å²) in [6, 6.07) is 13.3. The standard InChI is InChI=1S/C19H12ClNO5/c20-15-4-1-11(19(22)23)7-14(15)16-6-3-13(26-16)9-21-12-2-5-17-18(8-12)25-10-24-17/h1-9H,10H2,(H,22,23). The van der Waals surface area contributed by atoms with Crippen LogP contribution < -0.4 is 9.47 Å². The van der Waals surface area contributed by atoms with Gasteiger partial charge in [0.1, 0.15) is 11.5 Å². The largest absolute Gasteiger partial charge is 0.478 e. The second-order valence-corrected chi connectivity index (χ2v) is 5.90. The molecule has 0 radical (unpaired) electrons. The molecule has 2 aromatic carbocycles. The minimum atomic E-state index is -1.03. The minimum Gasteiger partial charge on any atom is -0.478 e. The Morgan fingerprint density at radius 3 is 2.77 bits per heavy atom. The van der Waals surface area contributed by atoms with Gasteiger partial charge >= 0.3 is 5.97 Å². The van der Waals surface area contributed by atoms with Crippen molar-refractivity contribution < 1.29 is 23.8 Å². The lowest BCUT2D eigenvalue weighted by Crippen LogP contribution is -1.96. The fraction of sp³-hybridized carbons (Fsp3) is 0.0526. The molecule has 0 saturated carbocycles. The zero-order valence-electron chi connectivity index (χ0n) is 13.3. The topological polar surface area (TPSA) is 81.3 Å². The molecule has 0 amide bonds. The average Bonchev–Trinajstić information content (AvgIpc) is 3.29. The molecule has 130 valence electrons. The number of hydrogen-bond acceptors (Lipinski definition) is 5. The van der Waals surface area contributed by atoms with E-state index in [0.29, 0.717) is 39.3 Å². The Morgan fingerprint density at radius 1 is 1.08 bits per heavy atom. The van der Waals surface area contributed by atoms with Gasteiger partial charge in [-0.15, -0.1) is 0 Å². The van der Waals surface area contributed by atoms with Crippen molar-refractivity contribution in [1.82, 2.24) is 0 Å². The Bertz CT molecular complexity index is 1020. The average molecular weight is 370 g/mol. The van der Waals surface area contributed by atoms with Gasteiger partial charge in [-0.2, -0.15) is 0 Å². The maximum atomic E-state index is 11.1. The Balaban J connectivity index is 1.59. The maximum Gasteiger partial charge on any atom is 0.335 e. The predicted molar refractivity (Wildman–Crippen MR) is 95.9 cm³/mol. The summed E-state index contributed by atoms with van der Waals surface area (Å²) in [6.07, 6.45) is 1.57. The third-order valence-corrected chi connectivity index (χ3v) is 4.13. The van der Waals surface area contributed by atoms with Crippen LogP contribution in [0, 0.1) is 0 Å². The lowest BCUT2D eigenvalue weighted by Gasteiger charge is -2.02. The molecule has 6 nitrogen and oxygen atoms in total. The molecule has 1 aliphatic heterocycles. The third-order valence-electron chi connectivity index (χ3n) is 3.80. The second-order valence-electron chi connectivity index (χ2n) is 5.50. The first kappa shape index (κ1) is 16.2. The van der Waals surface area contributed by atoms with Gasteiger partial charge in [-0.05, 0) is 42.5 Å². The Morgan fingerprint density at radius 2 is 1.92 bits per heavy atom. The number of benzene rings is 2. The van der Waals surface area contributed by atoms with Crippen LogP contribution in [0.1, 0.15) is 16.1 Å². The number of aromatic carboxylic acids is 1. The summed E-state index contributed by atoms with van der Waals surface area (Å²) in [5.41, 5.74) is 1.34. The molecule has 1 aliphatic rings. The van der Waals surface area contributed by atoms with E-state index in [1.165, 1.54) is 18.2 Å². The highest BCUT2D eigenvalue weighted by Gasteiger charge is 2.14. The van der Waals surface area contributed by atoms with Gasteiger partial charge in [-0.25, -0.2) is 4.79 Å². The van der Waals surface area contributed by atoms with Crippen molar-refractivity contribution in [1.29, 1.82) is 0 Å². The zero-order chi connectivity index (χ0) is 18.1. The van der Waals surface area contributed by atoms with E-state index in [9.17, 15) is 4.79 Å². The van der Waals surface area contributed by atoms with Crippen molar-refractivity contribution in [2.45, 2.75) is 0 Å². The Labute approximate surface area is 153 Å². The molecule has 0 spiro atoms. The summed E-state index contributed by atoms with van der Waals surface area (Å²) in [7, 11) is 0. The summed E-state index contributed by atoms with van der Waals surface area (Å²) in [5, 5.41) is 9.52. The molecule has 0 aliphatic carbocycles. The third kappa shape index (κ3) is 3.14. The first-order chi connectivity index (χ1) is 12.6. The summed E-state index contributed by atoms with van der Waals surface area (Å²) in [6.45, 7) is 0.209. The number of hydrogen-bond donors (Lipinski definition) is 1. The van der Waals surface area contributed by atoms with Gasteiger partial charge in [0.2, 0.25) is 6.79 Å². The van der Waals surface area contributed by atoms with Gasteiger partial charge in [0.25, 0.3) is 0 Å². The number of aliphatic imine (C=N–C) groups is 1. The molecule has 0 atom stereocenters. The Kier molecular flexibility index (Phi) is 4.10. The molecule has 26 heavy (non-hydrogen) atoms. The van der Waals surface area contributed by atoms with Gasteiger partial charge in [0, 0.05) is 11.6 Å². The first-order valence-corrected chi connectivity index (χ1v) is 8.05. The van der Waals surface area contributed by atoms with Crippen LogP contribution in [0.2, 0.25) is 5.02 Å². The zero-order valence-corrected chi connectivity index (χ0v) is 14.1. The molecule has 0 bridgehead atoms. The number of furan rings is 1. The van der Waals surface area contributed by atoms with E-state index in [1.54, 1.807) is 36.5 Å². The van der Waals surface area contributed by atoms with Crippen LogP contribution >= 0.6 is 11.6 Å². The molecule has 1 N–H and O–H groups in total. The van der Waals surface area contributed by atoms with Gasteiger partial charge < -0.3 is 19.0 Å². The normalized spacial score (nSPS) is 12.7. The predicted octanol–water partition coefficient (Wildman–Crippen LogP) is 4.78. The van der Waals surface area contributed by atoms with Crippen LogP contribution in [0.15, 0.2) is 57.9 Å². The van der Waals surface area contributed by atoms with Crippen molar-refractivity contribution in [2.75, 3.05) is 6.79 Å². The van der Waals surface area contributed by atoms with E-state index >= 15 is 0 Å². The van der Waals surface area contributed by atoms with Crippen molar-refractivity contribution in [3.8, 4) is 22.8 Å². The number of ether oxygens (including phenoxy) is 2. The van der Waals surface area contributed by atoms with E-state index in [0.717, 1.165) is 0 Å². The highest BCUT2D eigenvalue weighted by Crippen LogP contribution is 2.35. The highest BCUT2D eigenvalue weighted by atomic mass is 35.5. The lowest BCUT2D eigenvalue weighted by atomic mass is 10.1.